The van der Waals surface area contributed by atoms with E-state index in [0.29, 0.717) is 6.42 Å². The van der Waals surface area contributed by atoms with Crippen LogP contribution in [0.25, 0.3) is 0 Å². The zero-order valence-electron chi connectivity index (χ0n) is 9.49. The number of fused-ring (bicyclic) bond motifs is 5. The second-order valence-corrected chi connectivity index (χ2v) is 4.51. The number of rotatable bonds is 1. The second kappa shape index (κ2) is 3.37. The molecule has 1 radical (unpaired) electrons. The minimum atomic E-state index is -1.08. The molecule has 16 heavy (non-hydrogen) atoms. The molecule has 2 aliphatic heterocycles. The zero-order chi connectivity index (χ0) is 10.7. The number of benzene rings is 1. The Kier molecular flexibility index (Phi) is 2.47. The number of ether oxygens (including phenoxy) is 1. The molecule has 0 spiro atoms. The van der Waals surface area contributed by atoms with Crippen molar-refractivity contribution in [2.75, 3.05) is 0 Å². The van der Waals surface area contributed by atoms with Gasteiger partial charge in [0.25, 0.3) is 0 Å². The zero-order valence-corrected chi connectivity index (χ0v) is 9.49. The van der Waals surface area contributed by atoms with E-state index in [9.17, 15) is 9.90 Å². The molecule has 2 aliphatic rings. The molecule has 1 fully saturated rings. The molecule has 0 aromatic heterocycles. The van der Waals surface area contributed by atoms with Gasteiger partial charge in [-0.25, -0.2) is 4.79 Å². The van der Waals surface area contributed by atoms with E-state index in [1.165, 1.54) is 0 Å². The SMILES string of the molecule is C[C@]12CC[C@](C(=O)O)(O1)c1ccccc12.[Li]. The summed E-state index contributed by atoms with van der Waals surface area (Å²) < 4.78 is 5.78. The Morgan fingerprint density at radius 3 is 2.56 bits per heavy atom. The number of carbonyl (C=O) groups is 1. The van der Waals surface area contributed by atoms with E-state index in [4.69, 9.17) is 4.74 Å². The van der Waals surface area contributed by atoms with Crippen molar-refractivity contribution >= 4 is 24.8 Å². The van der Waals surface area contributed by atoms with E-state index >= 15 is 0 Å². The third-order valence-corrected chi connectivity index (χ3v) is 3.63. The molecule has 0 saturated carbocycles. The molecule has 0 unspecified atom stereocenters. The van der Waals surface area contributed by atoms with Crippen LogP contribution in [-0.4, -0.2) is 29.9 Å². The summed E-state index contributed by atoms with van der Waals surface area (Å²) in [4.78, 5) is 11.4. The average Bonchev–Trinajstić information content (AvgIpc) is 2.70. The van der Waals surface area contributed by atoms with E-state index in [1.54, 1.807) is 0 Å². The third kappa shape index (κ3) is 1.17. The van der Waals surface area contributed by atoms with Gasteiger partial charge in [0.2, 0.25) is 0 Å². The van der Waals surface area contributed by atoms with Crippen molar-refractivity contribution in [3.63, 3.8) is 0 Å². The van der Waals surface area contributed by atoms with Crippen molar-refractivity contribution < 1.29 is 14.6 Å². The smallest absolute Gasteiger partial charge is 0.340 e. The van der Waals surface area contributed by atoms with Gasteiger partial charge >= 0.3 is 5.97 Å². The van der Waals surface area contributed by atoms with Crippen LogP contribution in [0.4, 0.5) is 0 Å². The Balaban J connectivity index is 0.000000963. The van der Waals surface area contributed by atoms with Gasteiger partial charge in [-0.1, -0.05) is 24.3 Å². The summed E-state index contributed by atoms with van der Waals surface area (Å²) >= 11 is 0. The average molecular weight is 211 g/mol. The first kappa shape index (κ1) is 11.7. The predicted octanol–water partition coefficient (Wildman–Crippen LogP) is 1.62. The molecule has 2 atom stereocenters. The van der Waals surface area contributed by atoms with Gasteiger partial charge < -0.3 is 9.84 Å². The number of carboxylic acid groups (broad SMARTS) is 1. The molecule has 1 aromatic rings. The summed E-state index contributed by atoms with van der Waals surface area (Å²) in [6.07, 6.45) is 1.37. The van der Waals surface area contributed by atoms with Crippen LogP contribution in [0.3, 0.4) is 0 Å². The van der Waals surface area contributed by atoms with Crippen molar-refractivity contribution in [2.45, 2.75) is 31.0 Å². The largest absolute Gasteiger partial charge is 0.479 e. The fraction of sp³-hybridized carbons (Fsp3) is 0.417. The number of carboxylic acids is 1. The normalized spacial score (nSPS) is 34.3. The molecule has 1 N–H and O–H groups in total. The minimum absolute atomic E-state index is 0. The van der Waals surface area contributed by atoms with Crippen molar-refractivity contribution in [1.29, 1.82) is 0 Å². The molecular weight excluding hydrogens is 199 g/mol. The molecule has 0 aliphatic carbocycles. The Hall–Kier alpha value is -0.753. The molecular formula is C12H12LiO3. The van der Waals surface area contributed by atoms with E-state index in [0.717, 1.165) is 17.5 Å². The summed E-state index contributed by atoms with van der Waals surface area (Å²) in [7, 11) is 0. The molecule has 3 rings (SSSR count). The quantitative estimate of drug-likeness (QED) is 0.718. The Morgan fingerprint density at radius 2 is 1.94 bits per heavy atom. The number of aliphatic carboxylic acids is 1. The van der Waals surface area contributed by atoms with Gasteiger partial charge in [-0.3, -0.25) is 0 Å². The summed E-state index contributed by atoms with van der Waals surface area (Å²) in [6.45, 7) is 1.98. The maximum atomic E-state index is 11.4. The molecule has 4 heteroatoms. The maximum absolute atomic E-state index is 11.4. The van der Waals surface area contributed by atoms with Crippen LogP contribution >= 0.6 is 0 Å². The molecule has 0 amide bonds. The fourth-order valence-electron chi connectivity index (χ4n) is 2.84. The minimum Gasteiger partial charge on any atom is -0.479 e. The van der Waals surface area contributed by atoms with Gasteiger partial charge in [-0.05, 0) is 25.3 Å². The van der Waals surface area contributed by atoms with Crippen molar-refractivity contribution in [2.24, 2.45) is 0 Å². The van der Waals surface area contributed by atoms with Gasteiger partial charge in [-0.2, -0.15) is 0 Å². The van der Waals surface area contributed by atoms with Gasteiger partial charge in [-0.15, -0.1) is 0 Å². The monoisotopic (exact) mass is 211 g/mol. The molecule has 2 bridgehead atoms. The molecule has 79 valence electrons. The third-order valence-electron chi connectivity index (χ3n) is 3.63. The molecule has 2 heterocycles. The van der Waals surface area contributed by atoms with Crippen molar-refractivity contribution in [3.8, 4) is 0 Å². The molecule has 3 nitrogen and oxygen atoms in total. The predicted molar refractivity (Wildman–Crippen MR) is 59.2 cm³/mol. The summed E-state index contributed by atoms with van der Waals surface area (Å²) in [5.41, 5.74) is 0.408. The first-order valence-electron chi connectivity index (χ1n) is 5.12. The van der Waals surface area contributed by atoms with Crippen LogP contribution in [-0.2, 0) is 20.7 Å². The van der Waals surface area contributed by atoms with Crippen LogP contribution in [0.15, 0.2) is 24.3 Å². The first-order valence-corrected chi connectivity index (χ1v) is 5.12. The van der Waals surface area contributed by atoms with Crippen LogP contribution in [0.2, 0.25) is 0 Å². The first-order chi connectivity index (χ1) is 7.08. The Morgan fingerprint density at radius 1 is 1.31 bits per heavy atom. The maximum Gasteiger partial charge on any atom is 0.340 e. The van der Waals surface area contributed by atoms with E-state index in [1.807, 2.05) is 31.2 Å². The van der Waals surface area contributed by atoms with E-state index < -0.39 is 17.2 Å². The van der Waals surface area contributed by atoms with Gasteiger partial charge in [0.1, 0.15) is 0 Å². The Labute approximate surface area is 106 Å². The number of hydrogen-bond acceptors (Lipinski definition) is 2. The van der Waals surface area contributed by atoms with Crippen molar-refractivity contribution in [3.05, 3.63) is 35.4 Å². The van der Waals surface area contributed by atoms with Crippen LogP contribution in [0.1, 0.15) is 30.9 Å². The fourth-order valence-corrected chi connectivity index (χ4v) is 2.84. The Bertz CT molecular complexity index is 459. The van der Waals surface area contributed by atoms with Crippen LogP contribution in [0, 0.1) is 0 Å². The molecule has 1 saturated heterocycles. The standard InChI is InChI=1S/C12H12O3.Li/c1-11-6-7-12(15-11,10(13)14)9-5-3-2-4-8(9)11;/h2-5H,6-7H2,1H3,(H,13,14);/t11-,12+;/m1./s1. The van der Waals surface area contributed by atoms with Crippen molar-refractivity contribution in [1.82, 2.24) is 0 Å². The van der Waals surface area contributed by atoms with Gasteiger partial charge in [0.05, 0.1) is 5.60 Å². The molecule has 1 aromatic carbocycles. The van der Waals surface area contributed by atoms with Crippen LogP contribution in [0.5, 0.6) is 0 Å². The second-order valence-electron chi connectivity index (χ2n) is 4.51. The number of hydrogen-bond donors (Lipinski definition) is 1. The van der Waals surface area contributed by atoms with Crippen LogP contribution < -0.4 is 0 Å². The van der Waals surface area contributed by atoms with Gasteiger partial charge in [0.15, 0.2) is 5.60 Å². The van der Waals surface area contributed by atoms with E-state index in [2.05, 4.69) is 0 Å². The summed E-state index contributed by atoms with van der Waals surface area (Å²) in [6, 6.07) is 7.65. The topological polar surface area (TPSA) is 46.5 Å². The van der Waals surface area contributed by atoms with E-state index in [-0.39, 0.29) is 18.9 Å². The summed E-state index contributed by atoms with van der Waals surface area (Å²) in [5.74, 6) is -0.865. The van der Waals surface area contributed by atoms with Gasteiger partial charge in [0, 0.05) is 24.4 Å². The summed E-state index contributed by atoms with van der Waals surface area (Å²) in [5, 5.41) is 9.33.